The van der Waals surface area contributed by atoms with Crippen LogP contribution in [0.4, 0.5) is 16.6 Å². The first-order valence-corrected chi connectivity index (χ1v) is 10.7. The van der Waals surface area contributed by atoms with Crippen molar-refractivity contribution in [3.05, 3.63) is 11.3 Å². The Hall–Kier alpha value is -2.05. The van der Waals surface area contributed by atoms with Crippen LogP contribution in [0.25, 0.3) is 0 Å². The Morgan fingerprint density at radius 3 is 2.50 bits per heavy atom. The van der Waals surface area contributed by atoms with Crippen molar-refractivity contribution in [2.24, 2.45) is 5.92 Å². The number of nitrogens with zero attached hydrogens (tertiary/aromatic N) is 4. The molecule has 2 heterocycles. The standard InChI is InChI=1S/C21H33N5O2/c1-21(2,3)28-20(27)26-12-10-25(11-13-26)18-16-9-8-14-6-4-5-7-15(14)17(16)23-19(22)24-18/h14-15H,4-13H2,1-3H3,(H2,22,23,24)/t14-,15-/m0/s1. The number of amides is 1. The summed E-state index contributed by atoms with van der Waals surface area (Å²) < 4.78 is 5.51. The summed E-state index contributed by atoms with van der Waals surface area (Å²) in [6, 6.07) is 0. The lowest BCUT2D eigenvalue weighted by Gasteiger charge is -2.40. The van der Waals surface area contributed by atoms with Crippen molar-refractivity contribution in [3.63, 3.8) is 0 Å². The summed E-state index contributed by atoms with van der Waals surface area (Å²) in [5, 5.41) is 0. The molecule has 1 saturated carbocycles. The lowest BCUT2D eigenvalue weighted by Crippen LogP contribution is -2.50. The summed E-state index contributed by atoms with van der Waals surface area (Å²) in [5.74, 6) is 2.68. The van der Waals surface area contributed by atoms with Crippen molar-refractivity contribution >= 4 is 17.9 Å². The van der Waals surface area contributed by atoms with Gasteiger partial charge in [0.2, 0.25) is 5.95 Å². The van der Waals surface area contributed by atoms with Gasteiger partial charge in [0.05, 0.1) is 5.69 Å². The van der Waals surface area contributed by atoms with E-state index in [0.29, 0.717) is 25.0 Å². The Labute approximate surface area is 167 Å². The molecule has 2 N–H and O–H groups in total. The zero-order valence-corrected chi connectivity index (χ0v) is 17.4. The van der Waals surface area contributed by atoms with Gasteiger partial charge in [-0.05, 0) is 52.4 Å². The second kappa shape index (κ2) is 7.41. The van der Waals surface area contributed by atoms with Gasteiger partial charge in [0.25, 0.3) is 0 Å². The van der Waals surface area contributed by atoms with Gasteiger partial charge >= 0.3 is 6.09 Å². The van der Waals surface area contributed by atoms with Crippen LogP contribution in [0, 0.1) is 5.92 Å². The van der Waals surface area contributed by atoms with E-state index in [1.54, 1.807) is 4.90 Å². The van der Waals surface area contributed by atoms with Crippen LogP contribution < -0.4 is 10.6 Å². The maximum atomic E-state index is 12.3. The molecule has 28 heavy (non-hydrogen) atoms. The molecular weight excluding hydrogens is 354 g/mol. The van der Waals surface area contributed by atoms with E-state index in [4.69, 9.17) is 15.5 Å². The number of carbonyl (C=O) groups is 1. The summed E-state index contributed by atoms with van der Waals surface area (Å²) in [6.07, 6.45) is 7.21. The number of nitrogen functional groups attached to an aromatic ring is 1. The number of carbonyl (C=O) groups excluding carboxylic acids is 1. The van der Waals surface area contributed by atoms with Gasteiger partial charge in [-0.3, -0.25) is 0 Å². The molecule has 1 aromatic rings. The number of hydrogen-bond acceptors (Lipinski definition) is 6. The van der Waals surface area contributed by atoms with Gasteiger partial charge < -0.3 is 20.3 Å². The van der Waals surface area contributed by atoms with Crippen LogP contribution in [0.5, 0.6) is 0 Å². The van der Waals surface area contributed by atoms with E-state index in [1.165, 1.54) is 43.4 Å². The van der Waals surface area contributed by atoms with E-state index in [2.05, 4.69) is 9.88 Å². The first kappa shape index (κ1) is 19.3. The SMILES string of the molecule is CC(C)(C)OC(=O)N1CCN(c2nc(N)nc3c2CC[C@@H]2CCCC[C@H]32)CC1. The van der Waals surface area contributed by atoms with Crippen LogP contribution in [0.15, 0.2) is 0 Å². The molecule has 0 unspecified atom stereocenters. The number of hydrogen-bond donors (Lipinski definition) is 1. The maximum absolute atomic E-state index is 12.3. The minimum Gasteiger partial charge on any atom is -0.444 e. The van der Waals surface area contributed by atoms with Crippen LogP contribution >= 0.6 is 0 Å². The number of rotatable bonds is 1. The number of fused-ring (bicyclic) bond motifs is 3. The minimum atomic E-state index is -0.467. The molecule has 2 atom stereocenters. The summed E-state index contributed by atoms with van der Waals surface area (Å²) in [5.41, 5.74) is 8.15. The van der Waals surface area contributed by atoms with Crippen molar-refractivity contribution in [1.29, 1.82) is 0 Å². The minimum absolute atomic E-state index is 0.235. The lowest BCUT2D eigenvalue weighted by atomic mass is 9.70. The van der Waals surface area contributed by atoms with E-state index in [1.807, 2.05) is 20.8 Å². The number of aromatic nitrogens is 2. The number of ether oxygens (including phenoxy) is 1. The van der Waals surface area contributed by atoms with E-state index >= 15 is 0 Å². The van der Waals surface area contributed by atoms with Crippen LogP contribution in [-0.4, -0.2) is 52.7 Å². The third-order valence-electron chi connectivity index (χ3n) is 6.29. The second-order valence-corrected chi connectivity index (χ2v) is 9.41. The Morgan fingerprint density at radius 1 is 1.07 bits per heavy atom. The average molecular weight is 388 g/mol. The van der Waals surface area contributed by atoms with Crippen LogP contribution in [0.3, 0.4) is 0 Å². The fraction of sp³-hybridized carbons (Fsp3) is 0.762. The highest BCUT2D eigenvalue weighted by atomic mass is 16.6. The summed E-state index contributed by atoms with van der Waals surface area (Å²) >= 11 is 0. The number of piperazine rings is 1. The highest BCUT2D eigenvalue weighted by Crippen LogP contribution is 2.46. The van der Waals surface area contributed by atoms with Crippen LogP contribution in [0.2, 0.25) is 0 Å². The van der Waals surface area contributed by atoms with Gasteiger partial charge in [-0.25, -0.2) is 9.78 Å². The number of anilines is 2. The molecule has 3 aliphatic rings. The van der Waals surface area contributed by atoms with Crippen molar-refractivity contribution in [3.8, 4) is 0 Å². The Balaban J connectivity index is 1.50. The molecule has 0 radical (unpaired) electrons. The molecule has 4 rings (SSSR count). The van der Waals surface area contributed by atoms with Crippen LogP contribution in [0.1, 0.15) is 70.1 Å². The summed E-state index contributed by atoms with van der Waals surface area (Å²) in [7, 11) is 0. The maximum Gasteiger partial charge on any atom is 0.410 e. The van der Waals surface area contributed by atoms with Gasteiger partial charge in [0.15, 0.2) is 0 Å². The van der Waals surface area contributed by atoms with Gasteiger partial charge in [-0.1, -0.05) is 12.8 Å². The molecule has 2 aliphatic carbocycles. The Kier molecular flexibility index (Phi) is 5.10. The third kappa shape index (κ3) is 3.89. The molecule has 2 fully saturated rings. The van der Waals surface area contributed by atoms with Crippen LogP contribution in [-0.2, 0) is 11.2 Å². The first-order chi connectivity index (χ1) is 13.3. The molecule has 1 aliphatic heterocycles. The molecular formula is C21H33N5O2. The quantitative estimate of drug-likeness (QED) is 0.796. The normalized spacial score (nSPS) is 25.1. The molecule has 1 saturated heterocycles. The monoisotopic (exact) mass is 387 g/mol. The topological polar surface area (TPSA) is 84.6 Å². The lowest BCUT2D eigenvalue weighted by molar-refractivity contribution is 0.0240. The third-order valence-corrected chi connectivity index (χ3v) is 6.29. The molecule has 0 aromatic carbocycles. The average Bonchev–Trinajstić information content (AvgIpc) is 2.66. The smallest absolute Gasteiger partial charge is 0.410 e. The van der Waals surface area contributed by atoms with E-state index in [0.717, 1.165) is 31.2 Å². The first-order valence-electron chi connectivity index (χ1n) is 10.7. The van der Waals surface area contributed by atoms with Crippen molar-refractivity contribution in [2.75, 3.05) is 36.8 Å². The molecule has 0 bridgehead atoms. The highest BCUT2D eigenvalue weighted by molar-refractivity contribution is 5.68. The van der Waals surface area contributed by atoms with Gasteiger partial charge in [-0.2, -0.15) is 4.98 Å². The number of nitrogens with two attached hydrogens (primary N) is 1. The predicted molar refractivity (Wildman–Crippen MR) is 109 cm³/mol. The fourth-order valence-electron chi connectivity index (χ4n) is 4.98. The molecule has 0 spiro atoms. The highest BCUT2D eigenvalue weighted by Gasteiger charge is 2.36. The largest absolute Gasteiger partial charge is 0.444 e. The Morgan fingerprint density at radius 2 is 1.79 bits per heavy atom. The Bertz CT molecular complexity index is 737. The van der Waals surface area contributed by atoms with Gasteiger partial charge in [0.1, 0.15) is 11.4 Å². The molecule has 154 valence electrons. The zero-order chi connectivity index (χ0) is 19.9. The van der Waals surface area contributed by atoms with E-state index in [-0.39, 0.29) is 6.09 Å². The van der Waals surface area contributed by atoms with Gasteiger partial charge in [-0.15, -0.1) is 0 Å². The fourth-order valence-corrected chi connectivity index (χ4v) is 4.98. The zero-order valence-electron chi connectivity index (χ0n) is 17.4. The van der Waals surface area contributed by atoms with E-state index < -0.39 is 5.60 Å². The molecule has 1 amide bonds. The second-order valence-electron chi connectivity index (χ2n) is 9.41. The van der Waals surface area contributed by atoms with Gasteiger partial charge in [0, 0.05) is 37.7 Å². The predicted octanol–water partition coefficient (Wildman–Crippen LogP) is 3.34. The molecule has 7 heteroatoms. The van der Waals surface area contributed by atoms with E-state index in [9.17, 15) is 4.79 Å². The summed E-state index contributed by atoms with van der Waals surface area (Å²) in [4.78, 5) is 25.7. The molecule has 1 aromatic heterocycles. The van der Waals surface area contributed by atoms with Crippen molar-refractivity contribution < 1.29 is 9.53 Å². The summed E-state index contributed by atoms with van der Waals surface area (Å²) in [6.45, 7) is 8.46. The van der Waals surface area contributed by atoms with Crippen molar-refractivity contribution in [2.45, 2.75) is 70.8 Å². The van der Waals surface area contributed by atoms with Crippen molar-refractivity contribution in [1.82, 2.24) is 14.9 Å². The molecule has 7 nitrogen and oxygen atoms in total.